The maximum Gasteiger partial charge on any atom is 0.216 e. The van der Waals surface area contributed by atoms with Gasteiger partial charge in [0.05, 0.1) is 6.04 Å². The van der Waals surface area contributed by atoms with Crippen LogP contribution in [-0.2, 0) is 9.59 Å². The molecule has 0 heterocycles. The number of rotatable bonds is 7. The fourth-order valence-corrected chi connectivity index (χ4v) is 1.51. The second-order valence-corrected chi connectivity index (χ2v) is 4.70. The molecule has 0 fully saturated rings. The van der Waals surface area contributed by atoms with Gasteiger partial charge < -0.3 is 10.6 Å². The van der Waals surface area contributed by atoms with Gasteiger partial charge in [-0.2, -0.15) is 0 Å². The molecule has 1 amide bonds. The third-order valence-corrected chi connectivity index (χ3v) is 2.25. The minimum atomic E-state index is -0.160. The summed E-state index contributed by atoms with van der Waals surface area (Å²) in [5.41, 5.74) is 0. The van der Waals surface area contributed by atoms with Crippen LogP contribution < -0.4 is 10.6 Å². The molecule has 0 aliphatic carbocycles. The van der Waals surface area contributed by atoms with Crippen molar-refractivity contribution in [2.45, 2.75) is 53.1 Å². The molecule has 0 radical (unpaired) electrons. The number of Topliss-reactive ketones (excluding diaryl/α,β-unsaturated/α-hetero) is 1. The second kappa shape index (κ2) is 7.39. The van der Waals surface area contributed by atoms with Crippen molar-refractivity contribution in [3.05, 3.63) is 0 Å². The molecule has 0 aliphatic rings. The smallest absolute Gasteiger partial charge is 0.216 e. The van der Waals surface area contributed by atoms with Crippen molar-refractivity contribution in [1.29, 1.82) is 0 Å². The van der Waals surface area contributed by atoms with Crippen molar-refractivity contribution >= 4 is 11.7 Å². The SMILES string of the molecule is CC(=O)NCC[C@H](NC(C)C)C(=O)C(C)C. The molecule has 1 atom stereocenters. The molecular weight excluding hydrogens is 204 g/mol. The average molecular weight is 228 g/mol. The van der Waals surface area contributed by atoms with Gasteiger partial charge in [0.2, 0.25) is 5.91 Å². The van der Waals surface area contributed by atoms with E-state index in [4.69, 9.17) is 0 Å². The van der Waals surface area contributed by atoms with E-state index in [0.717, 1.165) is 0 Å². The van der Waals surface area contributed by atoms with Crippen molar-refractivity contribution in [2.24, 2.45) is 5.92 Å². The monoisotopic (exact) mass is 228 g/mol. The van der Waals surface area contributed by atoms with Crippen LogP contribution in [-0.4, -0.2) is 30.3 Å². The van der Waals surface area contributed by atoms with Crippen LogP contribution >= 0.6 is 0 Å². The lowest BCUT2D eigenvalue weighted by Gasteiger charge is -2.21. The standard InChI is InChI=1S/C12H24N2O2/c1-8(2)12(16)11(14-9(3)4)6-7-13-10(5)15/h8-9,11,14H,6-7H2,1-5H3,(H,13,15)/t11-/m0/s1. The Morgan fingerprint density at radius 2 is 1.69 bits per heavy atom. The zero-order chi connectivity index (χ0) is 12.7. The third kappa shape index (κ3) is 6.56. The van der Waals surface area contributed by atoms with Crippen LogP contribution in [0.4, 0.5) is 0 Å². The van der Waals surface area contributed by atoms with Crippen LogP contribution in [0.3, 0.4) is 0 Å². The first kappa shape index (κ1) is 15.1. The van der Waals surface area contributed by atoms with Gasteiger partial charge in [0.1, 0.15) is 0 Å². The molecule has 0 spiro atoms. The summed E-state index contributed by atoms with van der Waals surface area (Å²) < 4.78 is 0. The van der Waals surface area contributed by atoms with Crippen molar-refractivity contribution in [3.63, 3.8) is 0 Å². The molecular formula is C12H24N2O2. The lowest BCUT2D eigenvalue weighted by molar-refractivity contribution is -0.124. The van der Waals surface area contributed by atoms with Gasteiger partial charge in [-0.3, -0.25) is 9.59 Å². The Kier molecular flexibility index (Phi) is 6.97. The van der Waals surface area contributed by atoms with Gasteiger partial charge in [0.15, 0.2) is 5.78 Å². The Balaban J connectivity index is 4.20. The van der Waals surface area contributed by atoms with Gasteiger partial charge in [0, 0.05) is 25.4 Å². The molecule has 0 saturated carbocycles. The van der Waals surface area contributed by atoms with E-state index in [-0.39, 0.29) is 29.7 Å². The van der Waals surface area contributed by atoms with Crippen LogP contribution in [0.25, 0.3) is 0 Å². The molecule has 0 unspecified atom stereocenters. The Hall–Kier alpha value is -0.900. The summed E-state index contributed by atoms with van der Waals surface area (Å²) in [6.07, 6.45) is 0.648. The van der Waals surface area contributed by atoms with Gasteiger partial charge in [-0.25, -0.2) is 0 Å². The molecule has 0 bridgehead atoms. The van der Waals surface area contributed by atoms with E-state index in [1.54, 1.807) is 0 Å². The van der Waals surface area contributed by atoms with Gasteiger partial charge in [0.25, 0.3) is 0 Å². The molecule has 0 aromatic carbocycles. The van der Waals surface area contributed by atoms with E-state index >= 15 is 0 Å². The number of carbonyl (C=O) groups excluding carboxylic acids is 2. The first-order valence-electron chi connectivity index (χ1n) is 5.88. The Bertz CT molecular complexity index is 237. The predicted octanol–water partition coefficient (Wildman–Crippen LogP) is 1.10. The summed E-state index contributed by atoms with van der Waals surface area (Å²) >= 11 is 0. The fourth-order valence-electron chi connectivity index (χ4n) is 1.51. The zero-order valence-corrected chi connectivity index (χ0v) is 11.0. The molecule has 4 heteroatoms. The quantitative estimate of drug-likeness (QED) is 0.686. The van der Waals surface area contributed by atoms with Crippen LogP contribution in [0.2, 0.25) is 0 Å². The summed E-state index contributed by atoms with van der Waals surface area (Å²) in [5, 5.41) is 5.95. The first-order chi connectivity index (χ1) is 7.34. The number of carbonyl (C=O) groups is 2. The lowest BCUT2D eigenvalue weighted by Crippen LogP contribution is -2.44. The van der Waals surface area contributed by atoms with E-state index in [0.29, 0.717) is 13.0 Å². The molecule has 0 aromatic rings. The third-order valence-electron chi connectivity index (χ3n) is 2.25. The van der Waals surface area contributed by atoms with Gasteiger partial charge in [-0.1, -0.05) is 27.7 Å². The minimum Gasteiger partial charge on any atom is -0.356 e. The number of ketones is 1. The van der Waals surface area contributed by atoms with E-state index in [2.05, 4.69) is 10.6 Å². The molecule has 4 nitrogen and oxygen atoms in total. The normalized spacial score (nSPS) is 12.9. The number of nitrogens with one attached hydrogen (secondary N) is 2. The van der Waals surface area contributed by atoms with Gasteiger partial charge in [-0.05, 0) is 6.42 Å². The average Bonchev–Trinajstić information content (AvgIpc) is 2.13. The Morgan fingerprint density at radius 1 is 1.12 bits per heavy atom. The molecule has 0 saturated heterocycles. The Morgan fingerprint density at radius 3 is 2.06 bits per heavy atom. The number of amides is 1. The zero-order valence-electron chi connectivity index (χ0n) is 11.0. The maximum atomic E-state index is 11.9. The first-order valence-corrected chi connectivity index (χ1v) is 5.88. The highest BCUT2D eigenvalue weighted by Crippen LogP contribution is 2.04. The van der Waals surface area contributed by atoms with Crippen molar-refractivity contribution in [2.75, 3.05) is 6.54 Å². The van der Waals surface area contributed by atoms with Crippen LogP contribution in [0.5, 0.6) is 0 Å². The summed E-state index contributed by atoms with van der Waals surface area (Å²) in [6.45, 7) is 9.84. The summed E-state index contributed by atoms with van der Waals surface area (Å²) in [6, 6.07) is 0.108. The minimum absolute atomic E-state index is 0.0218. The van der Waals surface area contributed by atoms with Crippen LogP contribution in [0, 0.1) is 5.92 Å². The maximum absolute atomic E-state index is 11.9. The second-order valence-electron chi connectivity index (χ2n) is 4.70. The highest BCUT2D eigenvalue weighted by molar-refractivity contribution is 5.85. The summed E-state index contributed by atoms with van der Waals surface area (Å²) in [4.78, 5) is 22.6. The van der Waals surface area contributed by atoms with E-state index in [9.17, 15) is 9.59 Å². The highest BCUT2D eigenvalue weighted by atomic mass is 16.1. The fraction of sp³-hybridized carbons (Fsp3) is 0.833. The van der Waals surface area contributed by atoms with Crippen molar-refractivity contribution < 1.29 is 9.59 Å². The molecule has 0 aromatic heterocycles. The van der Waals surface area contributed by atoms with E-state index in [1.165, 1.54) is 6.92 Å². The number of hydrogen-bond donors (Lipinski definition) is 2. The summed E-state index contributed by atoms with van der Waals surface area (Å²) in [7, 11) is 0. The van der Waals surface area contributed by atoms with Crippen LogP contribution in [0.15, 0.2) is 0 Å². The van der Waals surface area contributed by atoms with E-state index in [1.807, 2.05) is 27.7 Å². The molecule has 2 N–H and O–H groups in total. The van der Waals surface area contributed by atoms with E-state index < -0.39 is 0 Å². The predicted molar refractivity (Wildman–Crippen MR) is 65.2 cm³/mol. The van der Waals surface area contributed by atoms with Crippen molar-refractivity contribution in [1.82, 2.24) is 10.6 Å². The lowest BCUT2D eigenvalue weighted by atomic mass is 9.98. The Labute approximate surface area is 98.2 Å². The van der Waals surface area contributed by atoms with Gasteiger partial charge >= 0.3 is 0 Å². The largest absolute Gasteiger partial charge is 0.356 e. The summed E-state index contributed by atoms with van der Waals surface area (Å²) in [5.74, 6) is 0.174. The molecule has 0 rings (SSSR count). The van der Waals surface area contributed by atoms with Gasteiger partial charge in [-0.15, -0.1) is 0 Å². The van der Waals surface area contributed by atoms with Crippen molar-refractivity contribution in [3.8, 4) is 0 Å². The molecule has 16 heavy (non-hydrogen) atoms. The number of hydrogen-bond acceptors (Lipinski definition) is 3. The molecule has 94 valence electrons. The highest BCUT2D eigenvalue weighted by Gasteiger charge is 2.21. The topological polar surface area (TPSA) is 58.2 Å². The van der Waals surface area contributed by atoms with Crippen LogP contribution in [0.1, 0.15) is 41.0 Å². The molecule has 0 aliphatic heterocycles.